The zero-order valence-electron chi connectivity index (χ0n) is 16.0. The number of benzene rings is 1. The fraction of sp³-hybridized carbons (Fsp3) is 0.526. The Morgan fingerprint density at radius 3 is 2.30 bits per heavy atom. The third-order valence-electron chi connectivity index (χ3n) is 3.69. The molecule has 1 aromatic rings. The lowest BCUT2D eigenvalue weighted by Crippen LogP contribution is -2.53. The molecule has 0 aromatic heterocycles. The van der Waals surface area contributed by atoms with Gasteiger partial charge in [0.1, 0.15) is 18.7 Å². The number of alkyl carbamates (subject to hydrolysis) is 1. The first-order valence-corrected chi connectivity index (χ1v) is 9.62. The molecule has 0 bridgehead atoms. The third-order valence-corrected chi connectivity index (χ3v) is 3.92. The van der Waals surface area contributed by atoms with E-state index in [2.05, 4.69) is 28.6 Å². The van der Waals surface area contributed by atoms with Crippen molar-refractivity contribution in [1.82, 2.24) is 16.0 Å². The monoisotopic (exact) mass is 395 g/mol. The van der Waals surface area contributed by atoms with E-state index >= 15 is 0 Å². The summed E-state index contributed by atoms with van der Waals surface area (Å²) in [6, 6.07) is 7.74. The van der Waals surface area contributed by atoms with Crippen molar-refractivity contribution >= 4 is 30.5 Å². The minimum Gasteiger partial charge on any atom is -0.445 e. The second-order valence-corrected chi connectivity index (χ2v) is 7.08. The maximum Gasteiger partial charge on any atom is 0.408 e. The predicted molar refractivity (Wildman–Crippen MR) is 107 cm³/mol. The van der Waals surface area contributed by atoms with Crippen molar-refractivity contribution in [3.63, 3.8) is 0 Å². The molecule has 0 aliphatic carbocycles. The van der Waals surface area contributed by atoms with Gasteiger partial charge in [-0.1, -0.05) is 44.2 Å². The second kappa shape index (κ2) is 12.2. The Hall–Kier alpha value is -2.22. The molecule has 3 amide bonds. The molecule has 0 heterocycles. The summed E-state index contributed by atoms with van der Waals surface area (Å²) < 4.78 is 5.10. The van der Waals surface area contributed by atoms with Crippen molar-refractivity contribution in [1.29, 1.82) is 0 Å². The van der Waals surface area contributed by atoms with E-state index in [9.17, 15) is 14.4 Å². The van der Waals surface area contributed by atoms with Crippen LogP contribution in [0.3, 0.4) is 0 Å². The van der Waals surface area contributed by atoms with Crippen LogP contribution in [0.1, 0.15) is 32.8 Å². The lowest BCUT2D eigenvalue weighted by Gasteiger charge is -2.22. The van der Waals surface area contributed by atoms with Crippen LogP contribution >= 0.6 is 12.6 Å². The van der Waals surface area contributed by atoms with Crippen LogP contribution < -0.4 is 16.0 Å². The van der Waals surface area contributed by atoms with E-state index in [1.54, 1.807) is 0 Å². The van der Waals surface area contributed by atoms with Crippen molar-refractivity contribution in [2.45, 2.75) is 45.9 Å². The fourth-order valence-electron chi connectivity index (χ4n) is 2.31. The summed E-state index contributed by atoms with van der Waals surface area (Å²) in [7, 11) is 0. The van der Waals surface area contributed by atoms with Crippen molar-refractivity contribution in [2.75, 3.05) is 12.3 Å². The summed E-state index contributed by atoms with van der Waals surface area (Å²) in [6.07, 6.45) is -0.198. The Morgan fingerprint density at radius 2 is 1.70 bits per heavy atom. The normalized spacial score (nSPS) is 12.8. The van der Waals surface area contributed by atoms with Gasteiger partial charge in [0.25, 0.3) is 0 Å². The first kappa shape index (κ1) is 22.8. The van der Waals surface area contributed by atoms with Gasteiger partial charge >= 0.3 is 6.09 Å². The Bertz CT molecular complexity index is 610. The fourth-order valence-corrected chi connectivity index (χ4v) is 2.42. The van der Waals surface area contributed by atoms with Crippen molar-refractivity contribution < 1.29 is 19.1 Å². The number of rotatable bonds is 10. The summed E-state index contributed by atoms with van der Waals surface area (Å²) >= 11 is 4.06. The molecule has 8 heteroatoms. The molecule has 3 N–H and O–H groups in total. The minimum absolute atomic E-state index is 0.114. The molecule has 150 valence electrons. The molecule has 0 fully saturated rings. The van der Waals surface area contributed by atoms with Gasteiger partial charge in [-0.2, -0.15) is 12.6 Å². The van der Waals surface area contributed by atoms with Gasteiger partial charge in [0.2, 0.25) is 11.8 Å². The molecule has 0 aliphatic rings. The predicted octanol–water partition coefficient (Wildman–Crippen LogP) is 1.88. The standard InChI is InChI=1S/C19H29N3O4S/c1-13(2)11-16(18(24)20-9-10-27)22-17(23)14(3)21-19(25)26-12-15-7-5-4-6-8-15/h4-8,13-14,16,27H,9-12H2,1-3H3,(H,20,24)(H,21,25)(H,22,23)/t14-,16-/m0/s1. The molecule has 1 aromatic carbocycles. The van der Waals surface area contributed by atoms with Crippen molar-refractivity contribution in [3.8, 4) is 0 Å². The number of amides is 3. The van der Waals surface area contributed by atoms with E-state index in [4.69, 9.17) is 4.74 Å². The van der Waals surface area contributed by atoms with Gasteiger partial charge in [-0.3, -0.25) is 9.59 Å². The van der Waals surface area contributed by atoms with E-state index in [1.807, 2.05) is 44.2 Å². The first-order valence-electron chi connectivity index (χ1n) is 8.99. The summed E-state index contributed by atoms with van der Waals surface area (Å²) in [4.78, 5) is 36.4. The average Bonchev–Trinajstić information content (AvgIpc) is 2.64. The number of carbonyl (C=O) groups is 3. The lowest BCUT2D eigenvalue weighted by molar-refractivity contribution is -0.130. The number of thiol groups is 1. The van der Waals surface area contributed by atoms with Crippen LogP contribution in [0.2, 0.25) is 0 Å². The number of carbonyl (C=O) groups excluding carboxylic acids is 3. The van der Waals surface area contributed by atoms with Crippen LogP contribution in [0.25, 0.3) is 0 Å². The molecule has 1 rings (SSSR count). The smallest absolute Gasteiger partial charge is 0.408 e. The Labute approximate surface area is 166 Å². The number of nitrogens with one attached hydrogen (secondary N) is 3. The van der Waals surface area contributed by atoms with E-state index in [0.29, 0.717) is 18.7 Å². The van der Waals surface area contributed by atoms with Crippen LogP contribution in [0.15, 0.2) is 30.3 Å². The summed E-state index contributed by atoms with van der Waals surface area (Å²) in [6.45, 7) is 6.01. The number of hydrogen-bond acceptors (Lipinski definition) is 5. The van der Waals surface area contributed by atoms with E-state index in [0.717, 1.165) is 5.56 Å². The highest BCUT2D eigenvalue weighted by molar-refractivity contribution is 7.80. The van der Waals surface area contributed by atoms with Crippen molar-refractivity contribution in [3.05, 3.63) is 35.9 Å². The highest BCUT2D eigenvalue weighted by Crippen LogP contribution is 2.06. The Kier molecular flexibility index (Phi) is 10.3. The zero-order chi connectivity index (χ0) is 20.2. The van der Waals surface area contributed by atoms with Crippen LogP contribution in [0, 0.1) is 5.92 Å². The maximum absolute atomic E-state index is 12.3. The molecule has 0 radical (unpaired) electrons. The van der Waals surface area contributed by atoms with Gasteiger partial charge < -0.3 is 20.7 Å². The zero-order valence-corrected chi connectivity index (χ0v) is 16.9. The molecule has 2 atom stereocenters. The van der Waals surface area contributed by atoms with Gasteiger partial charge in [-0.05, 0) is 24.8 Å². The van der Waals surface area contributed by atoms with Crippen LogP contribution in [0.4, 0.5) is 4.79 Å². The molecule has 0 aliphatic heterocycles. The van der Waals surface area contributed by atoms with Gasteiger partial charge in [0.05, 0.1) is 0 Å². The van der Waals surface area contributed by atoms with E-state index in [-0.39, 0.29) is 18.4 Å². The van der Waals surface area contributed by atoms with Gasteiger partial charge in [-0.25, -0.2) is 4.79 Å². The Balaban J connectivity index is 2.51. The SMILES string of the molecule is CC(C)C[C@H](NC(=O)[C@H](C)NC(=O)OCc1ccccc1)C(=O)NCCS. The molecular weight excluding hydrogens is 366 g/mol. The second-order valence-electron chi connectivity index (χ2n) is 6.63. The largest absolute Gasteiger partial charge is 0.445 e. The number of ether oxygens (including phenoxy) is 1. The molecule has 0 spiro atoms. The average molecular weight is 396 g/mol. The van der Waals surface area contributed by atoms with Gasteiger partial charge in [-0.15, -0.1) is 0 Å². The van der Waals surface area contributed by atoms with Crippen LogP contribution in [-0.2, 0) is 20.9 Å². The topological polar surface area (TPSA) is 96.5 Å². The summed E-state index contributed by atoms with van der Waals surface area (Å²) in [5.41, 5.74) is 0.850. The first-order chi connectivity index (χ1) is 12.8. The highest BCUT2D eigenvalue weighted by Gasteiger charge is 2.25. The molecule has 27 heavy (non-hydrogen) atoms. The minimum atomic E-state index is -0.833. The molecule has 0 saturated carbocycles. The summed E-state index contributed by atoms with van der Waals surface area (Å²) in [5, 5.41) is 7.88. The molecular formula is C19H29N3O4S. The third kappa shape index (κ3) is 9.33. The molecule has 0 saturated heterocycles. The molecule has 7 nitrogen and oxygen atoms in total. The van der Waals surface area contributed by atoms with E-state index < -0.39 is 24.1 Å². The molecule has 0 unspecified atom stereocenters. The summed E-state index contributed by atoms with van der Waals surface area (Å²) in [5.74, 6) is 0.0266. The quantitative estimate of drug-likeness (QED) is 0.455. The maximum atomic E-state index is 12.3. The van der Waals surface area contributed by atoms with Crippen LogP contribution in [0.5, 0.6) is 0 Å². The highest BCUT2D eigenvalue weighted by atomic mass is 32.1. The van der Waals surface area contributed by atoms with E-state index in [1.165, 1.54) is 6.92 Å². The van der Waals surface area contributed by atoms with Crippen LogP contribution in [-0.4, -0.2) is 42.3 Å². The van der Waals surface area contributed by atoms with Gasteiger partial charge in [0.15, 0.2) is 0 Å². The Morgan fingerprint density at radius 1 is 1.04 bits per heavy atom. The van der Waals surface area contributed by atoms with Crippen molar-refractivity contribution in [2.24, 2.45) is 5.92 Å². The lowest BCUT2D eigenvalue weighted by atomic mass is 10.0. The van der Waals surface area contributed by atoms with Gasteiger partial charge in [0, 0.05) is 12.3 Å². The number of hydrogen-bond donors (Lipinski definition) is 4.